The lowest BCUT2D eigenvalue weighted by atomic mass is 10.0. The summed E-state index contributed by atoms with van der Waals surface area (Å²) in [6.07, 6.45) is 5.89. The Balaban J connectivity index is 2.30. The average Bonchev–Trinajstić information content (AvgIpc) is 2.50. The number of carbonyl (C=O) groups is 1. The lowest BCUT2D eigenvalue weighted by Crippen LogP contribution is -2.13. The number of aliphatic hydroxyl groups is 1. The van der Waals surface area contributed by atoms with Gasteiger partial charge in [-0.15, -0.1) is 0 Å². The molecule has 0 amide bonds. The topological polar surface area (TPSA) is 66.8 Å². The summed E-state index contributed by atoms with van der Waals surface area (Å²) in [7, 11) is 1.50. The molecule has 1 rings (SSSR count). The van der Waals surface area contributed by atoms with E-state index in [2.05, 4.69) is 6.92 Å². The minimum absolute atomic E-state index is 0.0787. The second-order valence-corrected chi connectivity index (χ2v) is 5.75. The van der Waals surface area contributed by atoms with Crippen LogP contribution in [0.3, 0.4) is 0 Å². The lowest BCUT2D eigenvalue weighted by molar-refractivity contribution is -0.121. The summed E-state index contributed by atoms with van der Waals surface area (Å²) in [5.74, 6) is 0.594. The summed E-state index contributed by atoms with van der Waals surface area (Å²) in [5.41, 5.74) is 0.945. The molecule has 0 saturated heterocycles. The minimum Gasteiger partial charge on any atom is -0.504 e. The Morgan fingerprint density at radius 3 is 2.73 bits per heavy atom. The molecule has 0 aliphatic carbocycles. The maximum Gasteiger partial charge on any atom is 0.160 e. The summed E-state index contributed by atoms with van der Waals surface area (Å²) >= 11 is 0. The van der Waals surface area contributed by atoms with Gasteiger partial charge in [-0.05, 0) is 30.5 Å². The van der Waals surface area contributed by atoms with E-state index in [0.29, 0.717) is 25.0 Å². The van der Waals surface area contributed by atoms with E-state index < -0.39 is 6.10 Å². The van der Waals surface area contributed by atoms with E-state index in [1.807, 2.05) is 0 Å². The molecule has 0 aliphatic rings. The van der Waals surface area contributed by atoms with Gasteiger partial charge < -0.3 is 14.9 Å². The Labute approximate surface area is 133 Å². The predicted molar refractivity (Wildman–Crippen MR) is 87.4 cm³/mol. The minimum atomic E-state index is -0.515. The molecule has 0 spiro atoms. The molecule has 124 valence electrons. The number of phenolic OH excluding ortho intramolecular Hbond substituents is 1. The summed E-state index contributed by atoms with van der Waals surface area (Å²) in [5, 5.41) is 19.4. The highest BCUT2D eigenvalue weighted by atomic mass is 16.5. The van der Waals surface area contributed by atoms with Crippen LogP contribution in [-0.2, 0) is 11.2 Å². The summed E-state index contributed by atoms with van der Waals surface area (Å²) in [6, 6.07) is 5.09. The molecular weight excluding hydrogens is 280 g/mol. The van der Waals surface area contributed by atoms with Crippen LogP contribution in [0.15, 0.2) is 18.2 Å². The molecule has 4 heteroatoms. The monoisotopic (exact) mass is 308 g/mol. The van der Waals surface area contributed by atoms with Gasteiger partial charge in [0, 0.05) is 12.8 Å². The van der Waals surface area contributed by atoms with Gasteiger partial charge in [-0.3, -0.25) is 4.79 Å². The van der Waals surface area contributed by atoms with Gasteiger partial charge >= 0.3 is 0 Å². The molecule has 1 atom stereocenters. The van der Waals surface area contributed by atoms with Crippen LogP contribution >= 0.6 is 0 Å². The zero-order chi connectivity index (χ0) is 16.4. The molecule has 0 aliphatic heterocycles. The number of carbonyl (C=O) groups excluding carboxylic acids is 1. The van der Waals surface area contributed by atoms with Crippen molar-refractivity contribution < 1.29 is 19.7 Å². The van der Waals surface area contributed by atoms with E-state index >= 15 is 0 Å². The van der Waals surface area contributed by atoms with Crippen molar-refractivity contribution in [1.29, 1.82) is 0 Å². The van der Waals surface area contributed by atoms with Crippen LogP contribution in [-0.4, -0.2) is 29.2 Å². The van der Waals surface area contributed by atoms with Gasteiger partial charge in [-0.1, -0.05) is 38.7 Å². The third-order valence-electron chi connectivity index (χ3n) is 3.79. The number of hydrogen-bond acceptors (Lipinski definition) is 4. The largest absolute Gasteiger partial charge is 0.504 e. The number of ketones is 1. The molecule has 0 fully saturated rings. The molecule has 2 N–H and O–H groups in total. The third kappa shape index (κ3) is 6.94. The maximum atomic E-state index is 11.9. The highest BCUT2D eigenvalue weighted by Crippen LogP contribution is 2.26. The first-order valence-electron chi connectivity index (χ1n) is 8.12. The van der Waals surface area contributed by atoms with Gasteiger partial charge in [-0.2, -0.15) is 0 Å². The maximum absolute atomic E-state index is 11.9. The van der Waals surface area contributed by atoms with Crippen LogP contribution < -0.4 is 4.74 Å². The van der Waals surface area contributed by atoms with Crippen LogP contribution in [0.5, 0.6) is 11.5 Å². The zero-order valence-electron chi connectivity index (χ0n) is 13.7. The number of aromatic hydroxyl groups is 1. The normalized spacial score (nSPS) is 12.1. The number of Topliss-reactive ketones (excluding diaryl/α,β-unsaturated/α-hetero) is 1. The van der Waals surface area contributed by atoms with Crippen molar-refractivity contribution in [1.82, 2.24) is 0 Å². The van der Waals surface area contributed by atoms with E-state index in [1.54, 1.807) is 18.2 Å². The van der Waals surface area contributed by atoms with E-state index in [1.165, 1.54) is 20.0 Å². The third-order valence-corrected chi connectivity index (χ3v) is 3.79. The van der Waals surface area contributed by atoms with Gasteiger partial charge in [-0.25, -0.2) is 0 Å². The van der Waals surface area contributed by atoms with E-state index in [0.717, 1.165) is 18.4 Å². The van der Waals surface area contributed by atoms with Crippen molar-refractivity contribution >= 4 is 5.78 Å². The number of unbranched alkanes of at least 4 members (excludes halogenated alkanes) is 3. The fraction of sp³-hybridized carbons (Fsp3) is 0.611. The SMILES string of the molecule is CCCCCCC(O)CC(=O)CCc1ccc(O)c(OC)c1. The Bertz CT molecular complexity index is 456. The van der Waals surface area contributed by atoms with E-state index in [9.17, 15) is 15.0 Å². The first-order valence-corrected chi connectivity index (χ1v) is 8.12. The fourth-order valence-corrected chi connectivity index (χ4v) is 2.43. The van der Waals surface area contributed by atoms with Gasteiger partial charge in [0.25, 0.3) is 0 Å². The Morgan fingerprint density at radius 2 is 2.05 bits per heavy atom. The Morgan fingerprint density at radius 1 is 1.27 bits per heavy atom. The van der Waals surface area contributed by atoms with Crippen LogP contribution in [0.1, 0.15) is 57.4 Å². The molecule has 4 nitrogen and oxygen atoms in total. The van der Waals surface area contributed by atoms with Crippen molar-refractivity contribution in [2.75, 3.05) is 7.11 Å². The van der Waals surface area contributed by atoms with E-state index in [-0.39, 0.29) is 18.0 Å². The van der Waals surface area contributed by atoms with Crippen molar-refractivity contribution in [2.45, 2.75) is 64.4 Å². The Kier molecular flexibility index (Phi) is 8.60. The number of aryl methyl sites for hydroxylation is 1. The van der Waals surface area contributed by atoms with Crippen molar-refractivity contribution in [3.63, 3.8) is 0 Å². The van der Waals surface area contributed by atoms with Gasteiger partial charge in [0.2, 0.25) is 0 Å². The summed E-state index contributed by atoms with van der Waals surface area (Å²) < 4.78 is 5.05. The van der Waals surface area contributed by atoms with Crippen molar-refractivity contribution in [3.05, 3.63) is 23.8 Å². The zero-order valence-corrected chi connectivity index (χ0v) is 13.7. The molecule has 1 aromatic rings. The summed E-state index contributed by atoms with van der Waals surface area (Å²) in [6.45, 7) is 2.15. The van der Waals surface area contributed by atoms with Gasteiger partial charge in [0.15, 0.2) is 11.5 Å². The van der Waals surface area contributed by atoms with Crippen LogP contribution in [0.2, 0.25) is 0 Å². The average molecular weight is 308 g/mol. The molecule has 0 bridgehead atoms. The number of methoxy groups -OCH3 is 1. The van der Waals surface area contributed by atoms with Crippen LogP contribution in [0, 0.1) is 0 Å². The van der Waals surface area contributed by atoms with Gasteiger partial charge in [0.05, 0.1) is 13.2 Å². The van der Waals surface area contributed by atoms with Crippen LogP contribution in [0.4, 0.5) is 0 Å². The number of hydrogen-bond donors (Lipinski definition) is 2. The summed E-state index contributed by atoms with van der Waals surface area (Å²) in [4.78, 5) is 11.9. The highest BCUT2D eigenvalue weighted by Gasteiger charge is 2.11. The molecule has 1 aromatic carbocycles. The first-order chi connectivity index (χ1) is 10.6. The molecule has 0 radical (unpaired) electrons. The predicted octanol–water partition coefficient (Wildman–Crippen LogP) is 3.62. The first kappa shape index (κ1) is 18.5. The smallest absolute Gasteiger partial charge is 0.160 e. The van der Waals surface area contributed by atoms with Crippen LogP contribution in [0.25, 0.3) is 0 Å². The number of aliphatic hydroxyl groups excluding tert-OH is 1. The second kappa shape index (κ2) is 10.2. The molecular formula is C18H28O4. The van der Waals surface area contributed by atoms with Crippen molar-refractivity contribution in [2.24, 2.45) is 0 Å². The number of phenols is 1. The molecule has 0 aromatic heterocycles. The fourth-order valence-electron chi connectivity index (χ4n) is 2.43. The molecule has 22 heavy (non-hydrogen) atoms. The van der Waals surface area contributed by atoms with Gasteiger partial charge in [0.1, 0.15) is 5.78 Å². The lowest BCUT2D eigenvalue weighted by Gasteiger charge is -2.10. The van der Waals surface area contributed by atoms with E-state index in [4.69, 9.17) is 4.74 Å². The standard InChI is InChI=1S/C18H28O4/c1-3-4-5-6-7-15(19)13-16(20)10-8-14-9-11-17(21)18(12-14)22-2/h9,11-12,15,19,21H,3-8,10,13H2,1-2H3. The quantitative estimate of drug-likeness (QED) is 0.613. The molecule has 1 unspecified atom stereocenters. The Hall–Kier alpha value is -1.55. The van der Waals surface area contributed by atoms with Crippen molar-refractivity contribution in [3.8, 4) is 11.5 Å². The number of benzene rings is 1. The number of ether oxygens (including phenoxy) is 1. The molecule has 0 saturated carbocycles. The number of rotatable bonds is 11. The molecule has 0 heterocycles. The second-order valence-electron chi connectivity index (χ2n) is 5.75. The highest BCUT2D eigenvalue weighted by molar-refractivity contribution is 5.79.